The number of likely N-dealkylation sites (N-methyl/N-ethyl adjacent to an activating group) is 1. The third-order valence-corrected chi connectivity index (χ3v) is 13.5. The number of unbranched alkanes of at least 4 members (excludes halogenated alkanes) is 15. The Balaban J connectivity index is 4.25. The minimum atomic E-state index is -4.41. The predicted octanol–water partition coefficient (Wildman–Crippen LogP) is 20.0. The number of esters is 2. The molecule has 0 spiro atoms. The van der Waals surface area contributed by atoms with E-state index in [0.717, 1.165) is 122 Å². The average molecular weight is 1130 g/mol. The maximum atomic E-state index is 12.8. The van der Waals surface area contributed by atoms with E-state index in [1.54, 1.807) is 0 Å². The van der Waals surface area contributed by atoms with E-state index in [9.17, 15) is 19.0 Å². The lowest BCUT2D eigenvalue weighted by Gasteiger charge is -2.24. The summed E-state index contributed by atoms with van der Waals surface area (Å²) < 4.78 is 34.5. The molecule has 9 nitrogen and oxygen atoms in total. The van der Waals surface area contributed by atoms with E-state index in [2.05, 4.69) is 172 Å². The van der Waals surface area contributed by atoms with Gasteiger partial charge in [0.2, 0.25) is 0 Å². The third-order valence-electron chi connectivity index (χ3n) is 12.5. The highest BCUT2D eigenvalue weighted by atomic mass is 31.2. The van der Waals surface area contributed by atoms with Gasteiger partial charge in [-0.3, -0.25) is 18.6 Å². The summed E-state index contributed by atoms with van der Waals surface area (Å²) in [6.07, 6.45) is 89.0. The molecule has 0 aliphatic heterocycles. The number of carbonyl (C=O) groups is 2. The van der Waals surface area contributed by atoms with E-state index in [4.69, 9.17) is 18.5 Å². The molecule has 0 aromatic carbocycles. The summed E-state index contributed by atoms with van der Waals surface area (Å²) in [5, 5.41) is 0. The molecule has 0 saturated heterocycles. The summed E-state index contributed by atoms with van der Waals surface area (Å²) in [4.78, 5) is 35.7. The van der Waals surface area contributed by atoms with Crippen molar-refractivity contribution in [3.8, 4) is 0 Å². The van der Waals surface area contributed by atoms with Crippen LogP contribution in [0.25, 0.3) is 0 Å². The Kier molecular flexibility index (Phi) is 56.0. The number of hydrogen-bond donors (Lipinski definition) is 1. The first-order valence-corrected chi connectivity index (χ1v) is 32.7. The van der Waals surface area contributed by atoms with Gasteiger partial charge in [0.05, 0.1) is 27.7 Å². The highest BCUT2D eigenvalue weighted by Gasteiger charge is 2.27. The smallest absolute Gasteiger partial charge is 0.462 e. The van der Waals surface area contributed by atoms with E-state index < -0.39 is 26.5 Å². The molecule has 0 aliphatic carbocycles. The molecule has 2 unspecified atom stereocenters. The number of nitrogens with zero attached hydrogens (tertiary/aromatic N) is 1. The third kappa shape index (κ3) is 62.8. The van der Waals surface area contributed by atoms with Crippen molar-refractivity contribution in [2.75, 3.05) is 47.5 Å². The second-order valence-electron chi connectivity index (χ2n) is 21.4. The number of ether oxygens (including phenoxy) is 2. The Hall–Kier alpha value is -4.37. The molecule has 0 aliphatic rings. The topological polar surface area (TPSA) is 108 Å². The van der Waals surface area contributed by atoms with Crippen molar-refractivity contribution < 1.29 is 42.1 Å². The number of carbonyl (C=O) groups excluding carboxylic acids is 2. The number of quaternary nitrogens is 1. The van der Waals surface area contributed by atoms with E-state index in [0.29, 0.717) is 17.4 Å². The van der Waals surface area contributed by atoms with Gasteiger partial charge in [-0.1, -0.05) is 236 Å². The van der Waals surface area contributed by atoms with Crippen molar-refractivity contribution in [1.82, 2.24) is 0 Å². The van der Waals surface area contributed by atoms with Gasteiger partial charge in [0.25, 0.3) is 0 Å². The van der Waals surface area contributed by atoms with Gasteiger partial charge in [0.1, 0.15) is 19.8 Å². The van der Waals surface area contributed by atoms with Gasteiger partial charge in [-0.25, -0.2) is 4.57 Å². The van der Waals surface area contributed by atoms with Crippen molar-refractivity contribution in [3.05, 3.63) is 158 Å². The molecule has 0 aromatic heterocycles. The molecular weight excluding hydrogens is 1010 g/mol. The van der Waals surface area contributed by atoms with Crippen LogP contribution in [0.3, 0.4) is 0 Å². The summed E-state index contributed by atoms with van der Waals surface area (Å²) >= 11 is 0. The normalized spacial score (nSPS) is 14.3. The average Bonchev–Trinajstić information content (AvgIpc) is 3.42. The predicted molar refractivity (Wildman–Crippen MR) is 343 cm³/mol. The number of hydrogen-bond acceptors (Lipinski definition) is 7. The number of phosphoric ester groups is 1. The molecule has 2 atom stereocenters. The fourth-order valence-corrected chi connectivity index (χ4v) is 8.50. The van der Waals surface area contributed by atoms with Crippen LogP contribution in [0.1, 0.15) is 219 Å². The summed E-state index contributed by atoms with van der Waals surface area (Å²) in [5.74, 6) is -0.864. The largest absolute Gasteiger partial charge is 0.472 e. The second-order valence-corrected chi connectivity index (χ2v) is 22.8. The standard InChI is InChI=1S/C70H114NO8P/c1-6-8-10-12-14-16-18-20-22-24-25-26-27-28-29-30-31-32-33-34-35-36-37-38-39-40-41-42-43-44-45-47-49-51-53-55-57-59-61-63-70(73)79-68(67-78-80(74,75)77-65-64-71(3,4)5)66-76-69(72)62-60-58-56-54-52-50-48-46-23-21-19-17-15-13-11-9-7-2/h8,10,14,16,20-23,25-26,28-29,31-32,34-35,37-38,40-41,43-44,47,49,53,55,68H,6-7,9,11-13,15,17-19,24,27,30,33,36,39,42,45-46,48,50-52,54,56-67H2,1-5H3/p+1/b10-8-,16-14-,22-20-,23-21-,26-25-,29-28-,32-31-,35-34-,38-37-,41-40-,44-43-,49-47-,55-53-. The van der Waals surface area contributed by atoms with Crippen LogP contribution in [0.15, 0.2) is 158 Å². The lowest BCUT2D eigenvalue weighted by molar-refractivity contribution is -0.870. The van der Waals surface area contributed by atoms with E-state index >= 15 is 0 Å². The van der Waals surface area contributed by atoms with Crippen LogP contribution in [0.4, 0.5) is 0 Å². The molecule has 80 heavy (non-hydrogen) atoms. The number of allylic oxidation sites excluding steroid dienone is 26. The molecule has 0 amide bonds. The first-order valence-electron chi connectivity index (χ1n) is 31.2. The first kappa shape index (κ1) is 75.6. The van der Waals surface area contributed by atoms with Crippen molar-refractivity contribution in [2.45, 2.75) is 225 Å². The van der Waals surface area contributed by atoms with E-state index in [1.807, 2.05) is 21.1 Å². The molecule has 0 bridgehead atoms. The van der Waals surface area contributed by atoms with Gasteiger partial charge >= 0.3 is 19.8 Å². The highest BCUT2D eigenvalue weighted by molar-refractivity contribution is 7.47. The molecular formula is C70H115NO8P+. The van der Waals surface area contributed by atoms with Gasteiger partial charge in [-0.05, 0) is 128 Å². The van der Waals surface area contributed by atoms with Gasteiger partial charge in [-0.2, -0.15) is 0 Å². The molecule has 452 valence electrons. The molecule has 0 rings (SSSR count). The zero-order valence-electron chi connectivity index (χ0n) is 51.2. The first-order chi connectivity index (χ1) is 39.0. The van der Waals surface area contributed by atoms with Crippen LogP contribution in [0.5, 0.6) is 0 Å². The van der Waals surface area contributed by atoms with Crippen LogP contribution in [-0.2, 0) is 32.7 Å². The number of rotatable bonds is 55. The minimum absolute atomic E-state index is 0.0142. The van der Waals surface area contributed by atoms with Crippen molar-refractivity contribution in [3.63, 3.8) is 0 Å². The van der Waals surface area contributed by atoms with Crippen molar-refractivity contribution in [1.29, 1.82) is 0 Å². The summed E-state index contributed by atoms with van der Waals surface area (Å²) in [6, 6.07) is 0. The molecule has 0 fully saturated rings. The maximum absolute atomic E-state index is 12.8. The summed E-state index contributed by atoms with van der Waals surface area (Å²) in [7, 11) is 1.42. The summed E-state index contributed by atoms with van der Waals surface area (Å²) in [5.41, 5.74) is 0. The van der Waals surface area contributed by atoms with Gasteiger partial charge in [-0.15, -0.1) is 0 Å². The van der Waals surface area contributed by atoms with Crippen LogP contribution >= 0.6 is 7.82 Å². The molecule has 0 radical (unpaired) electrons. The Labute approximate surface area is 490 Å². The Morgan fingerprint density at radius 3 is 1.10 bits per heavy atom. The van der Waals surface area contributed by atoms with Crippen LogP contribution in [-0.4, -0.2) is 74.9 Å². The maximum Gasteiger partial charge on any atom is 0.472 e. The van der Waals surface area contributed by atoms with Crippen molar-refractivity contribution in [2.24, 2.45) is 0 Å². The Morgan fingerprint density at radius 1 is 0.400 bits per heavy atom. The van der Waals surface area contributed by atoms with Crippen molar-refractivity contribution >= 4 is 19.8 Å². The molecule has 0 heterocycles. The molecule has 1 N–H and O–H groups in total. The van der Waals surface area contributed by atoms with Crippen LogP contribution in [0.2, 0.25) is 0 Å². The lowest BCUT2D eigenvalue weighted by Crippen LogP contribution is -2.37. The molecule has 10 heteroatoms. The second kappa shape index (κ2) is 59.3. The highest BCUT2D eigenvalue weighted by Crippen LogP contribution is 2.43. The van der Waals surface area contributed by atoms with Gasteiger partial charge in [0, 0.05) is 12.8 Å². The monoisotopic (exact) mass is 1130 g/mol. The lowest BCUT2D eigenvalue weighted by atomic mass is 10.1. The molecule has 0 saturated carbocycles. The Bertz CT molecular complexity index is 1900. The van der Waals surface area contributed by atoms with Gasteiger partial charge in [0.15, 0.2) is 6.10 Å². The number of phosphoric acid groups is 1. The zero-order chi connectivity index (χ0) is 58.4. The van der Waals surface area contributed by atoms with E-state index in [1.165, 1.54) is 64.2 Å². The van der Waals surface area contributed by atoms with Crippen LogP contribution in [0, 0.1) is 0 Å². The zero-order valence-corrected chi connectivity index (χ0v) is 52.1. The summed E-state index contributed by atoms with van der Waals surface area (Å²) in [6.45, 7) is 4.24. The van der Waals surface area contributed by atoms with Crippen LogP contribution < -0.4 is 0 Å². The van der Waals surface area contributed by atoms with Gasteiger partial charge < -0.3 is 18.9 Å². The Morgan fingerprint density at radius 2 is 0.713 bits per heavy atom. The fraction of sp³-hybridized carbons (Fsp3) is 0.600. The van der Waals surface area contributed by atoms with E-state index in [-0.39, 0.29) is 32.0 Å². The molecule has 0 aromatic rings. The quantitative estimate of drug-likeness (QED) is 0.0211. The SMILES string of the molecule is CC/C=C\C/C=C\C/C=C\C/C=C\C/C=C\C/C=C\C/C=C\C/C=C\C/C=C\C/C=C\C/C=C\C/C=C\CCCCC(=O)OC(COC(=O)CCCCCCCCC/C=C\CCCCCCCC)COP(=O)(O)OCC[N+](C)(C)C. The minimum Gasteiger partial charge on any atom is -0.462 e. The fourth-order valence-electron chi connectivity index (χ4n) is 7.75.